The molecule has 0 aliphatic heterocycles. The first-order valence-corrected chi connectivity index (χ1v) is 12.2. The SMILES string of the molecule is CCO[Si](OCC)(OCC)C(C)P(c1ccccc1)c1ccccc1. The van der Waals surface area contributed by atoms with Crippen molar-refractivity contribution >= 4 is 27.3 Å². The van der Waals surface area contributed by atoms with Crippen LogP contribution < -0.4 is 10.6 Å². The summed E-state index contributed by atoms with van der Waals surface area (Å²) in [6.07, 6.45) is 0. The lowest BCUT2D eigenvalue weighted by Gasteiger charge is -2.38. The Hall–Kier alpha value is -1.03. The van der Waals surface area contributed by atoms with Gasteiger partial charge in [0.05, 0.1) is 5.28 Å². The predicted molar refractivity (Wildman–Crippen MR) is 109 cm³/mol. The molecule has 2 aromatic rings. The van der Waals surface area contributed by atoms with Crippen molar-refractivity contribution in [1.82, 2.24) is 0 Å². The van der Waals surface area contributed by atoms with Crippen LogP contribution in [0.5, 0.6) is 0 Å². The lowest BCUT2D eigenvalue weighted by atomic mass is 10.4. The zero-order valence-corrected chi connectivity index (χ0v) is 17.5. The minimum Gasteiger partial charge on any atom is -0.373 e. The summed E-state index contributed by atoms with van der Waals surface area (Å²) in [5.41, 5.74) is 0. The summed E-state index contributed by atoms with van der Waals surface area (Å²) in [5, 5.41) is 2.83. The van der Waals surface area contributed by atoms with Crippen molar-refractivity contribution in [2.24, 2.45) is 0 Å². The minimum absolute atomic E-state index is 0.173. The van der Waals surface area contributed by atoms with Crippen LogP contribution in [-0.2, 0) is 13.3 Å². The molecule has 0 aliphatic rings. The van der Waals surface area contributed by atoms with Crippen molar-refractivity contribution in [2.45, 2.75) is 33.0 Å². The average Bonchev–Trinajstić information content (AvgIpc) is 2.64. The van der Waals surface area contributed by atoms with Gasteiger partial charge in [-0.25, -0.2) is 0 Å². The number of rotatable bonds is 10. The van der Waals surface area contributed by atoms with Crippen LogP contribution in [0.4, 0.5) is 0 Å². The Morgan fingerprint density at radius 2 is 1.08 bits per heavy atom. The molecule has 2 rings (SSSR count). The van der Waals surface area contributed by atoms with Gasteiger partial charge in [0, 0.05) is 19.8 Å². The van der Waals surface area contributed by atoms with Crippen molar-refractivity contribution in [3.63, 3.8) is 0 Å². The Kier molecular flexibility index (Phi) is 8.27. The molecule has 0 heterocycles. The van der Waals surface area contributed by atoms with E-state index >= 15 is 0 Å². The Bertz CT molecular complexity index is 552. The lowest BCUT2D eigenvalue weighted by molar-refractivity contribution is 0.0704. The maximum Gasteiger partial charge on any atom is 0.509 e. The summed E-state index contributed by atoms with van der Waals surface area (Å²) in [6.45, 7) is 10.1. The van der Waals surface area contributed by atoms with Gasteiger partial charge < -0.3 is 13.3 Å². The van der Waals surface area contributed by atoms with E-state index in [4.69, 9.17) is 13.3 Å². The molecule has 136 valence electrons. The van der Waals surface area contributed by atoms with Crippen LogP contribution in [0.25, 0.3) is 0 Å². The molecule has 1 atom stereocenters. The molecule has 0 fully saturated rings. The van der Waals surface area contributed by atoms with Crippen molar-refractivity contribution < 1.29 is 13.3 Å². The van der Waals surface area contributed by atoms with Gasteiger partial charge in [0.1, 0.15) is 0 Å². The summed E-state index contributed by atoms with van der Waals surface area (Å²) in [6, 6.07) is 21.4. The lowest BCUT2D eigenvalue weighted by Crippen LogP contribution is -2.56. The third-order valence-electron chi connectivity index (χ3n) is 4.00. The van der Waals surface area contributed by atoms with Crippen molar-refractivity contribution in [1.29, 1.82) is 0 Å². The Morgan fingerprint density at radius 3 is 1.40 bits per heavy atom. The highest BCUT2D eigenvalue weighted by atomic mass is 31.1. The molecule has 0 saturated carbocycles. The fraction of sp³-hybridized carbons (Fsp3) is 0.400. The molecule has 0 N–H and O–H groups in total. The normalized spacial score (nSPS) is 13.2. The Morgan fingerprint density at radius 1 is 0.720 bits per heavy atom. The second-order valence-corrected chi connectivity index (χ2v) is 11.6. The summed E-state index contributed by atoms with van der Waals surface area (Å²) < 4.78 is 18.6. The van der Waals surface area contributed by atoms with Gasteiger partial charge in [-0.2, -0.15) is 0 Å². The van der Waals surface area contributed by atoms with Crippen molar-refractivity contribution in [3.8, 4) is 0 Å². The van der Waals surface area contributed by atoms with Crippen LogP contribution in [0.1, 0.15) is 27.7 Å². The van der Waals surface area contributed by atoms with Gasteiger partial charge in [-0.05, 0) is 39.3 Å². The summed E-state index contributed by atoms with van der Waals surface area (Å²) >= 11 is 0. The first-order chi connectivity index (χ1) is 12.2. The first-order valence-electron chi connectivity index (χ1n) is 8.99. The van der Waals surface area contributed by atoms with E-state index in [0.717, 1.165) is 0 Å². The van der Waals surface area contributed by atoms with Gasteiger partial charge in [-0.15, -0.1) is 0 Å². The molecule has 0 radical (unpaired) electrons. The minimum atomic E-state index is -2.80. The van der Waals surface area contributed by atoms with Gasteiger partial charge in [-0.1, -0.05) is 67.6 Å². The first kappa shape index (κ1) is 20.3. The van der Waals surface area contributed by atoms with E-state index in [1.54, 1.807) is 0 Å². The molecular formula is C20H29O3PSi. The van der Waals surface area contributed by atoms with Crippen LogP contribution in [0.3, 0.4) is 0 Å². The van der Waals surface area contributed by atoms with Crippen LogP contribution in [-0.4, -0.2) is 33.9 Å². The Balaban J connectivity index is 2.50. The van der Waals surface area contributed by atoms with Crippen LogP contribution in [0.2, 0.25) is 0 Å². The van der Waals surface area contributed by atoms with Crippen LogP contribution in [0, 0.1) is 0 Å². The quantitative estimate of drug-likeness (QED) is 0.462. The maximum absolute atomic E-state index is 6.21. The van der Waals surface area contributed by atoms with Gasteiger partial charge >= 0.3 is 8.80 Å². The van der Waals surface area contributed by atoms with Gasteiger partial charge in [0.25, 0.3) is 0 Å². The summed E-state index contributed by atoms with van der Waals surface area (Å²) in [7, 11) is -3.45. The molecule has 25 heavy (non-hydrogen) atoms. The van der Waals surface area contributed by atoms with Gasteiger partial charge in [0.2, 0.25) is 0 Å². The highest BCUT2D eigenvalue weighted by Crippen LogP contribution is 2.44. The van der Waals surface area contributed by atoms with E-state index in [1.165, 1.54) is 10.6 Å². The van der Waals surface area contributed by atoms with E-state index in [-0.39, 0.29) is 5.28 Å². The fourth-order valence-corrected chi connectivity index (χ4v) is 10.2. The van der Waals surface area contributed by atoms with Crippen LogP contribution >= 0.6 is 7.92 Å². The third kappa shape index (κ3) is 4.99. The van der Waals surface area contributed by atoms with E-state index in [2.05, 4.69) is 67.6 Å². The van der Waals surface area contributed by atoms with E-state index in [9.17, 15) is 0 Å². The van der Waals surface area contributed by atoms with Gasteiger partial charge in [0.15, 0.2) is 0 Å². The largest absolute Gasteiger partial charge is 0.509 e. The molecule has 0 spiro atoms. The van der Waals surface area contributed by atoms with E-state index in [0.29, 0.717) is 19.8 Å². The van der Waals surface area contributed by atoms with E-state index < -0.39 is 16.7 Å². The van der Waals surface area contributed by atoms with Crippen LogP contribution in [0.15, 0.2) is 60.7 Å². The molecule has 0 saturated heterocycles. The summed E-state index contributed by atoms with van der Waals surface area (Å²) in [4.78, 5) is 0. The van der Waals surface area contributed by atoms with Gasteiger partial charge in [-0.3, -0.25) is 0 Å². The molecule has 0 bridgehead atoms. The highest BCUT2D eigenvalue weighted by Gasteiger charge is 2.50. The topological polar surface area (TPSA) is 27.7 Å². The standard InChI is InChI=1S/C20H29O3PSi/c1-5-21-25(22-6-2,23-7-3)18(4)24(19-14-10-8-11-15-19)20-16-12-9-13-17-20/h8-18H,5-7H2,1-4H3. The van der Waals surface area contributed by atoms with E-state index in [1.807, 2.05) is 20.8 Å². The zero-order chi connectivity index (χ0) is 18.1. The monoisotopic (exact) mass is 376 g/mol. The predicted octanol–water partition coefficient (Wildman–Crippen LogP) is 4.10. The third-order valence-corrected chi connectivity index (χ3v) is 11.3. The highest BCUT2D eigenvalue weighted by molar-refractivity contribution is 7.75. The Labute approximate surface area is 154 Å². The fourth-order valence-electron chi connectivity index (χ4n) is 3.02. The second-order valence-electron chi connectivity index (χ2n) is 5.62. The number of hydrogen-bond acceptors (Lipinski definition) is 3. The molecular weight excluding hydrogens is 347 g/mol. The molecule has 3 nitrogen and oxygen atoms in total. The van der Waals surface area contributed by atoms with Crippen molar-refractivity contribution in [2.75, 3.05) is 19.8 Å². The second kappa shape index (κ2) is 10.2. The number of benzene rings is 2. The number of hydrogen-bond donors (Lipinski definition) is 0. The smallest absolute Gasteiger partial charge is 0.373 e. The molecule has 2 aromatic carbocycles. The van der Waals surface area contributed by atoms with Crippen molar-refractivity contribution in [3.05, 3.63) is 60.7 Å². The molecule has 0 aliphatic carbocycles. The average molecular weight is 377 g/mol. The zero-order valence-electron chi connectivity index (χ0n) is 15.6. The molecule has 5 heteroatoms. The molecule has 1 unspecified atom stereocenters. The summed E-state index contributed by atoms with van der Waals surface area (Å²) in [5.74, 6) is 0. The molecule has 0 amide bonds. The maximum atomic E-state index is 6.21. The molecule has 0 aromatic heterocycles.